The van der Waals surface area contributed by atoms with Gasteiger partial charge in [-0.15, -0.1) is 0 Å². The van der Waals surface area contributed by atoms with E-state index in [0.717, 1.165) is 57.8 Å². The Hall–Kier alpha value is -0.560. The van der Waals surface area contributed by atoms with Crippen molar-refractivity contribution in [2.75, 3.05) is 0 Å². The minimum absolute atomic E-state index is 0.229. The molecule has 2 unspecified atom stereocenters. The van der Waals surface area contributed by atoms with Gasteiger partial charge in [0.05, 0.1) is 11.7 Å². The van der Waals surface area contributed by atoms with Crippen LogP contribution in [0.2, 0.25) is 0 Å². The molecule has 0 aliphatic heterocycles. The van der Waals surface area contributed by atoms with Crippen LogP contribution in [0.4, 0.5) is 0 Å². The fourth-order valence-corrected chi connectivity index (χ4v) is 9.33. The topological polar surface area (TPSA) is 283 Å². The van der Waals surface area contributed by atoms with Crippen LogP contribution in [0.1, 0.15) is 219 Å². The van der Waals surface area contributed by atoms with Crippen molar-refractivity contribution in [2.24, 2.45) is 10.8 Å². The van der Waals surface area contributed by atoms with E-state index in [2.05, 4.69) is 0 Å². The lowest BCUT2D eigenvalue weighted by Gasteiger charge is -2.51. The lowest BCUT2D eigenvalue weighted by molar-refractivity contribution is -0.178. The summed E-state index contributed by atoms with van der Waals surface area (Å²) in [5.41, 5.74) is -2.44. The quantitative estimate of drug-likeness (QED) is 0.0290. The van der Waals surface area contributed by atoms with E-state index in [9.17, 15) is 71.5 Å². The van der Waals surface area contributed by atoms with Crippen molar-refractivity contribution in [1.29, 1.82) is 0 Å². The van der Waals surface area contributed by atoms with Gasteiger partial charge in [-0.1, -0.05) is 84.0 Å². The van der Waals surface area contributed by atoms with Crippen LogP contribution in [-0.4, -0.2) is 121 Å². The summed E-state index contributed by atoms with van der Waals surface area (Å²) in [4.78, 5) is 0. The first kappa shape index (κ1) is 57.4. The molecule has 0 aliphatic carbocycles. The molecule has 0 spiro atoms. The predicted molar refractivity (Wildman–Crippen MR) is 223 cm³/mol. The molecule has 0 aromatic carbocycles. The third-order valence-electron chi connectivity index (χ3n) is 12.8. The van der Waals surface area contributed by atoms with Crippen molar-refractivity contribution in [3.63, 3.8) is 0 Å². The van der Waals surface area contributed by atoms with Gasteiger partial charge in [0.2, 0.25) is 0 Å². The van der Waals surface area contributed by atoms with E-state index < -0.39 is 54.9 Å². The van der Waals surface area contributed by atoms with E-state index in [0.29, 0.717) is 109 Å². The summed E-state index contributed by atoms with van der Waals surface area (Å²) in [5.74, 6) is 0. The summed E-state index contributed by atoms with van der Waals surface area (Å²) in [6, 6.07) is 0. The summed E-state index contributed by atoms with van der Waals surface area (Å²) < 4.78 is 0. The maximum Gasteiger partial charge on any atom is 0.151 e. The van der Waals surface area contributed by atoms with E-state index >= 15 is 0 Å². The van der Waals surface area contributed by atoms with Crippen LogP contribution in [0.15, 0.2) is 0 Å². The fourth-order valence-electron chi connectivity index (χ4n) is 9.33. The molecule has 0 bridgehead atoms. The third-order valence-corrected chi connectivity index (χ3v) is 12.8. The standard InChI is InChI=1S/C44H90O14/c1-2-44(58,43(31-18-6-12-24-39(52)53,32-19-7-13-25-40(54)55)33-20-8-14-26-41(56)57)35(45)27-34-42(28-15-3-9-21-36(46)47,29-16-4-10-22-37(48)49)30-17-5-11-23-38(50)51/h35-41,45-58H,2-34H2,1H3. The lowest BCUT2D eigenvalue weighted by Crippen LogP contribution is -2.56. The largest absolute Gasteiger partial charge is 0.390 e. The van der Waals surface area contributed by atoms with Crippen molar-refractivity contribution in [3.05, 3.63) is 0 Å². The summed E-state index contributed by atoms with van der Waals surface area (Å²) in [6.07, 6.45) is 10.6. The third kappa shape index (κ3) is 27.4. The molecule has 0 aromatic rings. The molecule has 58 heavy (non-hydrogen) atoms. The molecule has 14 N–H and O–H groups in total. The van der Waals surface area contributed by atoms with Crippen LogP contribution in [0.5, 0.6) is 0 Å². The second kappa shape index (κ2) is 34.0. The molecule has 0 aliphatic rings. The average molecular weight is 843 g/mol. The highest BCUT2D eigenvalue weighted by Crippen LogP contribution is 2.51. The molecule has 0 rings (SSSR count). The van der Waals surface area contributed by atoms with E-state index in [1.807, 2.05) is 6.92 Å². The van der Waals surface area contributed by atoms with E-state index in [-0.39, 0.29) is 50.4 Å². The van der Waals surface area contributed by atoms with Gasteiger partial charge in [-0.05, 0) is 140 Å². The monoisotopic (exact) mass is 843 g/mol. The van der Waals surface area contributed by atoms with E-state index in [1.165, 1.54) is 0 Å². The fraction of sp³-hybridized carbons (Fsp3) is 1.00. The Kier molecular flexibility index (Phi) is 33.7. The van der Waals surface area contributed by atoms with Gasteiger partial charge in [0.1, 0.15) is 0 Å². The van der Waals surface area contributed by atoms with Crippen molar-refractivity contribution in [1.82, 2.24) is 0 Å². The molecule has 0 saturated carbocycles. The minimum Gasteiger partial charge on any atom is -0.390 e. The van der Waals surface area contributed by atoms with Gasteiger partial charge in [0, 0.05) is 5.41 Å². The summed E-state index contributed by atoms with van der Waals surface area (Å²) >= 11 is 0. The van der Waals surface area contributed by atoms with Gasteiger partial charge in [0.25, 0.3) is 0 Å². The normalized spacial score (nSPS) is 14.6. The molecule has 0 heterocycles. The lowest BCUT2D eigenvalue weighted by atomic mass is 9.58. The number of hydrogen-bond donors (Lipinski definition) is 14. The number of unbranched alkanes of at least 4 members (excludes halogenated alkanes) is 12. The maximum absolute atomic E-state index is 13.0. The number of aliphatic hydroxyl groups is 14. The Morgan fingerprint density at radius 3 is 0.759 bits per heavy atom. The highest BCUT2D eigenvalue weighted by molar-refractivity contribution is 5.03. The first-order chi connectivity index (χ1) is 27.4. The van der Waals surface area contributed by atoms with Gasteiger partial charge >= 0.3 is 0 Å². The van der Waals surface area contributed by atoms with Gasteiger partial charge in [-0.25, -0.2) is 0 Å². The average Bonchev–Trinajstić information content (AvgIpc) is 3.14. The van der Waals surface area contributed by atoms with Crippen molar-refractivity contribution in [3.8, 4) is 0 Å². The van der Waals surface area contributed by atoms with Crippen molar-refractivity contribution >= 4 is 0 Å². The van der Waals surface area contributed by atoms with Crippen molar-refractivity contribution in [2.45, 2.75) is 268 Å². The summed E-state index contributed by atoms with van der Waals surface area (Å²) in [6.45, 7) is 1.90. The number of hydrogen-bond acceptors (Lipinski definition) is 14. The van der Waals surface area contributed by atoms with E-state index in [4.69, 9.17) is 0 Å². The Morgan fingerprint density at radius 2 is 0.534 bits per heavy atom. The molecular weight excluding hydrogens is 752 g/mol. The molecule has 350 valence electrons. The molecule has 0 saturated heterocycles. The Balaban J connectivity index is 6.68. The maximum atomic E-state index is 13.0. The van der Waals surface area contributed by atoms with Gasteiger partial charge in [0.15, 0.2) is 37.7 Å². The Bertz CT molecular complexity index is 828. The molecule has 14 heteroatoms. The molecule has 2 atom stereocenters. The molecule has 0 aromatic heterocycles. The zero-order valence-corrected chi connectivity index (χ0v) is 36.1. The summed E-state index contributed by atoms with van der Waals surface area (Å²) in [5, 5.41) is 139. The van der Waals surface area contributed by atoms with Crippen LogP contribution in [-0.2, 0) is 0 Å². The van der Waals surface area contributed by atoms with Gasteiger partial charge in [-0.2, -0.15) is 0 Å². The van der Waals surface area contributed by atoms with Crippen LogP contribution in [0, 0.1) is 10.8 Å². The first-order valence-corrected chi connectivity index (χ1v) is 23.0. The predicted octanol–water partition coefficient (Wildman–Crippen LogP) is 4.81. The minimum atomic E-state index is -1.49. The second-order valence-corrected chi connectivity index (χ2v) is 17.6. The number of rotatable bonds is 42. The summed E-state index contributed by atoms with van der Waals surface area (Å²) in [7, 11) is 0. The highest BCUT2D eigenvalue weighted by atomic mass is 16.5. The SMILES string of the molecule is CCC(O)(C(O)CCC(CCCCCC(O)O)(CCCCCC(O)O)CCCCCC(O)O)C(CCCCCC(O)O)(CCCCCC(O)O)CCCCCC(O)O. The molecule has 14 nitrogen and oxygen atoms in total. The van der Waals surface area contributed by atoms with Gasteiger partial charge in [-0.3, -0.25) is 0 Å². The molecule has 0 fully saturated rings. The highest BCUT2D eigenvalue weighted by Gasteiger charge is 2.52. The second-order valence-electron chi connectivity index (χ2n) is 17.6. The zero-order valence-electron chi connectivity index (χ0n) is 36.1. The van der Waals surface area contributed by atoms with Crippen molar-refractivity contribution < 1.29 is 71.5 Å². The van der Waals surface area contributed by atoms with Crippen LogP contribution in [0.25, 0.3) is 0 Å². The Labute approximate surface area is 350 Å². The molecular formula is C44H90O14. The van der Waals surface area contributed by atoms with Gasteiger partial charge < -0.3 is 71.5 Å². The smallest absolute Gasteiger partial charge is 0.151 e. The van der Waals surface area contributed by atoms with Crippen LogP contribution >= 0.6 is 0 Å². The number of aliphatic hydroxyl groups excluding tert-OH is 7. The van der Waals surface area contributed by atoms with Crippen LogP contribution in [0.3, 0.4) is 0 Å². The molecule has 0 amide bonds. The Morgan fingerprint density at radius 1 is 0.293 bits per heavy atom. The first-order valence-electron chi connectivity index (χ1n) is 23.0. The zero-order chi connectivity index (χ0) is 43.9. The van der Waals surface area contributed by atoms with E-state index in [1.54, 1.807) is 0 Å². The van der Waals surface area contributed by atoms with Crippen LogP contribution < -0.4 is 0 Å². The molecule has 0 radical (unpaired) electrons.